The lowest BCUT2D eigenvalue weighted by molar-refractivity contribution is 0.518. The van der Waals surface area contributed by atoms with Gasteiger partial charge in [-0.3, -0.25) is 0 Å². The third kappa shape index (κ3) is 22.9. The van der Waals surface area contributed by atoms with Crippen LogP contribution in [-0.2, 0) is 72.5 Å². The number of hydrogen-bond donors (Lipinski definition) is 0. The van der Waals surface area contributed by atoms with Crippen molar-refractivity contribution in [3.8, 4) is 23.0 Å². The first-order chi connectivity index (χ1) is 59.8. The van der Waals surface area contributed by atoms with Crippen molar-refractivity contribution >= 4 is 97.0 Å². The summed E-state index contributed by atoms with van der Waals surface area (Å²) in [6.07, 6.45) is 0. The zero-order chi connectivity index (χ0) is 83.2. The van der Waals surface area contributed by atoms with E-state index in [1.807, 2.05) is 0 Å². The molecule has 0 saturated heterocycles. The first-order valence-electron chi connectivity index (χ1n) is 42.2. The van der Waals surface area contributed by atoms with Gasteiger partial charge in [-0.1, -0.05) is 388 Å². The molecule has 0 unspecified atom stereocenters. The Morgan fingerprint density at radius 1 is 0.156 bits per heavy atom. The molecule has 16 aromatic carbocycles. The van der Waals surface area contributed by atoms with E-state index in [1.54, 1.807) is 0 Å². The molecule has 16 aromatic rings. The highest BCUT2D eigenvalue weighted by atomic mass is 79.9. The summed E-state index contributed by atoms with van der Waals surface area (Å²) in [7, 11) is -11.6. The summed E-state index contributed by atoms with van der Waals surface area (Å²) in [5.74, 6) is 2.53. The molecule has 4 nitrogen and oxygen atoms in total. The van der Waals surface area contributed by atoms with Crippen molar-refractivity contribution in [2.45, 2.75) is 84.4 Å². The van der Waals surface area contributed by atoms with E-state index in [1.165, 1.54) is 66.8 Å². The van der Waals surface area contributed by atoms with Gasteiger partial charge in [0.25, 0.3) is 33.3 Å². The van der Waals surface area contributed by atoms with E-state index in [0.29, 0.717) is 0 Å². The minimum absolute atomic E-state index is 0.367. The Balaban J connectivity index is 0.889. The van der Waals surface area contributed by atoms with Crippen LogP contribution >= 0.6 is 63.7 Å². The van der Waals surface area contributed by atoms with Gasteiger partial charge in [0.05, 0.1) is 17.9 Å². The van der Waals surface area contributed by atoms with Crippen LogP contribution in [0.3, 0.4) is 0 Å². The van der Waals surface area contributed by atoms with E-state index in [0.717, 1.165) is 136 Å². The second kappa shape index (κ2) is 41.1. The maximum absolute atomic E-state index is 8.02. The summed E-state index contributed by atoms with van der Waals surface area (Å²) in [4.78, 5) is 0. The van der Waals surface area contributed by atoms with Crippen LogP contribution in [0.1, 0.15) is 101 Å². The molecule has 122 heavy (non-hydrogen) atoms. The van der Waals surface area contributed by atoms with Crippen LogP contribution in [0, 0.1) is 0 Å². The van der Waals surface area contributed by atoms with E-state index in [2.05, 4.69) is 500 Å². The average molecular weight is 1920 g/mol. The molecule has 0 aliphatic heterocycles. The summed E-state index contributed by atoms with van der Waals surface area (Å²) < 4.78 is 35.6. The molecule has 0 atom stereocenters. The first kappa shape index (κ1) is 85.1. The lowest BCUT2D eigenvalue weighted by atomic mass is 9.73. The molecule has 0 aromatic heterocycles. The summed E-state index contributed by atoms with van der Waals surface area (Å²) in [5, 5.41) is 0. The Morgan fingerprint density at radius 3 is 0.377 bits per heavy atom. The lowest BCUT2D eigenvalue weighted by Crippen LogP contribution is -2.50. The molecule has 16 rings (SSSR count). The third-order valence-electron chi connectivity index (χ3n) is 23.3. The molecule has 12 heteroatoms. The Morgan fingerprint density at radius 2 is 0.270 bits per heavy atom. The molecule has 0 radical (unpaired) electrons. The van der Waals surface area contributed by atoms with Gasteiger partial charge in [-0.25, -0.2) is 0 Å². The van der Waals surface area contributed by atoms with Crippen molar-refractivity contribution in [3.05, 3.63) is 544 Å². The number of rotatable bonds is 37. The zero-order valence-electron chi connectivity index (χ0n) is 68.4. The fraction of sp³-hybridized carbons (Fsp3) is 0.127. The molecule has 0 aliphatic rings. The van der Waals surface area contributed by atoms with Gasteiger partial charge in [-0.05, 0) is 201 Å². The normalized spacial score (nSPS) is 11.8. The second-order valence-electron chi connectivity index (χ2n) is 32.8. The van der Waals surface area contributed by atoms with Gasteiger partial charge in [-0.2, -0.15) is 0 Å². The minimum atomic E-state index is -2.90. The summed E-state index contributed by atoms with van der Waals surface area (Å²) in [6, 6.07) is 169. The van der Waals surface area contributed by atoms with Crippen LogP contribution in [0.2, 0.25) is 0 Å². The van der Waals surface area contributed by atoms with Crippen molar-refractivity contribution < 1.29 is 17.7 Å². The largest absolute Gasteiger partial charge is 0.542 e. The van der Waals surface area contributed by atoms with Crippen LogP contribution in [0.25, 0.3) is 0 Å². The van der Waals surface area contributed by atoms with E-state index >= 15 is 0 Å². The fourth-order valence-electron chi connectivity index (χ4n) is 18.1. The number of hydrogen-bond acceptors (Lipinski definition) is 4. The predicted molar refractivity (Wildman–Crippen MR) is 528 cm³/mol. The van der Waals surface area contributed by atoms with E-state index < -0.39 is 33.3 Å². The van der Waals surface area contributed by atoms with Crippen LogP contribution in [-0.4, -0.2) is 33.3 Å². The van der Waals surface area contributed by atoms with Gasteiger partial charge < -0.3 is 17.7 Å². The van der Waals surface area contributed by atoms with Crippen molar-refractivity contribution in [1.29, 1.82) is 0 Å². The van der Waals surface area contributed by atoms with Crippen LogP contribution in [0.5, 0.6) is 23.0 Å². The standard InChI is InChI=1S/C110H98Br4O4Si4/c111-101-69-97(61-65-105(101)115-119(73-85-37-13-1-14-38-85,74-86-39-15-2-16-40-86)75-87-41-17-3-18-42-87)109(98-62-66-106(102(112)70-98)116-120(76-88-43-19-4-20-44-88,77-89-45-21-5-22-46-89)78-90-47-23-6-24-48-90)110(99-63-67-107(103(113)71-99)117-121(79-91-49-25-7-26-50-91,80-92-51-27-8-28-52-92)81-93-53-29-9-30-54-93)100-64-68-108(104(114)72-100)118-122(82-94-55-31-10-32-56-94,83-95-57-33-11-34-58-95)84-96-59-35-12-36-60-96/h1-72,109-110H,73-84H2. The highest BCUT2D eigenvalue weighted by Crippen LogP contribution is 2.50. The molecule has 0 spiro atoms. The molecular formula is C110H98Br4O4Si4. The maximum Gasteiger partial charge on any atom is 0.264 e. The van der Waals surface area contributed by atoms with Gasteiger partial charge in [0.2, 0.25) is 0 Å². The molecule has 0 saturated carbocycles. The maximum atomic E-state index is 8.02. The second-order valence-corrected chi connectivity index (χ2v) is 50.7. The third-order valence-corrected chi connectivity index (χ3v) is 41.1. The summed E-state index contributed by atoms with van der Waals surface area (Å²) in [6.45, 7) is 0. The molecular weight excluding hydrogens is 1820 g/mol. The van der Waals surface area contributed by atoms with Crippen LogP contribution in [0.4, 0.5) is 0 Å². The summed E-state index contributed by atoms with van der Waals surface area (Å²) in [5.41, 5.74) is 19.5. The Labute approximate surface area is 758 Å². The predicted octanol–water partition coefficient (Wildman–Crippen LogP) is 28.4. The Bertz CT molecular complexity index is 4820. The molecule has 0 amide bonds. The monoisotopic (exact) mass is 1910 g/mol. The molecule has 0 heterocycles. The Hall–Kier alpha value is -10.5. The molecule has 606 valence electrons. The fourth-order valence-corrected chi connectivity index (χ4v) is 37.3. The van der Waals surface area contributed by atoms with Gasteiger partial charge >= 0.3 is 0 Å². The van der Waals surface area contributed by atoms with Crippen molar-refractivity contribution in [3.63, 3.8) is 0 Å². The highest BCUT2D eigenvalue weighted by Gasteiger charge is 2.44. The average Bonchev–Trinajstić information content (AvgIpc) is 0.757. The molecule has 0 aliphatic carbocycles. The van der Waals surface area contributed by atoms with Crippen molar-refractivity contribution in [1.82, 2.24) is 0 Å². The first-order valence-corrected chi connectivity index (χ1v) is 55.5. The Kier molecular flexibility index (Phi) is 28.7. The number of halogens is 4. The smallest absolute Gasteiger partial charge is 0.264 e. The van der Waals surface area contributed by atoms with Gasteiger partial charge in [-0.15, -0.1) is 0 Å². The summed E-state index contributed by atoms with van der Waals surface area (Å²) >= 11 is 17.5. The van der Waals surface area contributed by atoms with Gasteiger partial charge in [0, 0.05) is 84.4 Å². The lowest BCUT2D eigenvalue weighted by Gasteiger charge is -2.36. The van der Waals surface area contributed by atoms with Crippen LogP contribution < -0.4 is 17.7 Å². The van der Waals surface area contributed by atoms with Crippen molar-refractivity contribution in [2.75, 3.05) is 0 Å². The molecule has 0 bridgehead atoms. The van der Waals surface area contributed by atoms with E-state index in [-0.39, 0.29) is 11.8 Å². The SMILES string of the molecule is Brc1cc(C(c2ccc(O[Si](Cc3ccccc3)(Cc3ccccc3)Cc3ccccc3)c(Br)c2)C(c2ccc(O[Si](Cc3ccccc3)(Cc3ccccc3)Cc3ccccc3)c(Br)c2)c2ccc(O[Si](Cc3ccccc3)(Cc3ccccc3)Cc3ccccc3)c(Br)c2)ccc1O[Si](Cc1ccccc1)(Cc1ccccc1)Cc1ccccc1. The highest BCUT2D eigenvalue weighted by molar-refractivity contribution is 9.11. The van der Waals surface area contributed by atoms with E-state index in [4.69, 9.17) is 17.7 Å². The minimum Gasteiger partial charge on any atom is -0.542 e. The van der Waals surface area contributed by atoms with E-state index in [9.17, 15) is 0 Å². The zero-order valence-corrected chi connectivity index (χ0v) is 78.7. The quantitative estimate of drug-likeness (QED) is 0.0364. The van der Waals surface area contributed by atoms with Crippen molar-refractivity contribution in [2.24, 2.45) is 0 Å². The molecule has 0 fully saturated rings. The topological polar surface area (TPSA) is 36.9 Å². The molecule has 0 N–H and O–H groups in total. The van der Waals surface area contributed by atoms with Crippen LogP contribution in [0.15, 0.2) is 455 Å². The number of benzene rings is 16. The van der Waals surface area contributed by atoms with Gasteiger partial charge in [0.1, 0.15) is 23.0 Å². The van der Waals surface area contributed by atoms with Gasteiger partial charge in [0.15, 0.2) is 0 Å².